The number of imidazole rings is 1. The van der Waals surface area contributed by atoms with Gasteiger partial charge in [0.1, 0.15) is 0 Å². The van der Waals surface area contributed by atoms with Gasteiger partial charge in [-0.2, -0.15) is 5.10 Å². The standard InChI is InChI=1S/C26H28N8O/c35-25(22-15-29-34(17-22)9-3-8-32-11-7-27-18-32)33-10-6-24-21(16-33)14-28-26(31-24)30-23-12-19-4-1-2-5-20(19)13-23/h1-2,4-5,7,11,14-15,17-18,23H,3,6,8-10,12-13,16H2,(H,28,30,31). The molecule has 4 aromatic rings. The molecule has 0 saturated carbocycles. The van der Waals surface area contributed by atoms with Crippen LogP contribution in [0.1, 0.15) is 39.2 Å². The number of anilines is 1. The smallest absolute Gasteiger partial charge is 0.257 e. The van der Waals surface area contributed by atoms with Crippen molar-refractivity contribution in [2.75, 3.05) is 11.9 Å². The normalized spacial score (nSPS) is 15.1. The number of carbonyl (C=O) groups excluding carboxylic acids is 1. The molecule has 1 aliphatic carbocycles. The van der Waals surface area contributed by atoms with Crippen molar-refractivity contribution in [2.45, 2.75) is 51.4 Å². The Labute approximate surface area is 203 Å². The minimum Gasteiger partial charge on any atom is -0.351 e. The Morgan fingerprint density at radius 2 is 1.94 bits per heavy atom. The molecule has 178 valence electrons. The van der Waals surface area contributed by atoms with Crippen molar-refractivity contribution < 1.29 is 4.79 Å². The van der Waals surface area contributed by atoms with Gasteiger partial charge in [-0.1, -0.05) is 24.3 Å². The van der Waals surface area contributed by atoms with E-state index in [1.165, 1.54) is 11.1 Å². The van der Waals surface area contributed by atoms with Gasteiger partial charge in [0.05, 0.1) is 23.8 Å². The van der Waals surface area contributed by atoms with E-state index in [0.717, 1.165) is 50.0 Å². The highest BCUT2D eigenvalue weighted by Crippen LogP contribution is 2.25. The highest BCUT2D eigenvalue weighted by atomic mass is 16.2. The maximum atomic E-state index is 13.1. The van der Waals surface area contributed by atoms with Crippen LogP contribution in [0.15, 0.2) is 61.6 Å². The number of aryl methyl sites for hydroxylation is 2. The number of hydrogen-bond donors (Lipinski definition) is 1. The summed E-state index contributed by atoms with van der Waals surface area (Å²) in [5, 5.41) is 7.89. The average Bonchev–Trinajstić information content (AvgIpc) is 3.64. The van der Waals surface area contributed by atoms with Gasteiger partial charge in [0.2, 0.25) is 5.95 Å². The molecule has 4 heterocycles. The first-order valence-corrected chi connectivity index (χ1v) is 12.2. The molecule has 1 aliphatic heterocycles. The third-order valence-electron chi connectivity index (χ3n) is 6.85. The lowest BCUT2D eigenvalue weighted by atomic mass is 10.1. The number of aromatic nitrogens is 6. The molecule has 2 aliphatic rings. The van der Waals surface area contributed by atoms with Crippen molar-refractivity contribution >= 4 is 11.9 Å². The molecule has 1 aromatic carbocycles. The molecule has 0 saturated heterocycles. The second-order valence-electron chi connectivity index (χ2n) is 9.31. The van der Waals surface area contributed by atoms with E-state index in [1.54, 1.807) is 12.4 Å². The van der Waals surface area contributed by atoms with Crippen molar-refractivity contribution in [1.29, 1.82) is 0 Å². The Bertz CT molecular complexity index is 1300. The third-order valence-corrected chi connectivity index (χ3v) is 6.85. The fourth-order valence-corrected chi connectivity index (χ4v) is 5.02. The zero-order valence-electron chi connectivity index (χ0n) is 19.5. The SMILES string of the molecule is O=C(c1cnn(CCCn2ccnc2)c1)N1CCc2nc(NC3Cc4ccccc4C3)ncc2C1. The van der Waals surface area contributed by atoms with Gasteiger partial charge >= 0.3 is 0 Å². The highest BCUT2D eigenvalue weighted by molar-refractivity contribution is 5.93. The molecular weight excluding hydrogens is 440 g/mol. The summed E-state index contributed by atoms with van der Waals surface area (Å²) in [4.78, 5) is 28.4. The molecule has 0 unspecified atom stereocenters. The number of benzene rings is 1. The number of fused-ring (bicyclic) bond motifs is 2. The van der Waals surface area contributed by atoms with Crippen LogP contribution >= 0.6 is 0 Å². The van der Waals surface area contributed by atoms with E-state index >= 15 is 0 Å². The number of hydrogen-bond acceptors (Lipinski definition) is 6. The van der Waals surface area contributed by atoms with Crippen LogP contribution in [-0.2, 0) is 38.9 Å². The lowest BCUT2D eigenvalue weighted by molar-refractivity contribution is 0.0733. The molecule has 0 fully saturated rings. The second-order valence-corrected chi connectivity index (χ2v) is 9.31. The Hall–Kier alpha value is -4.01. The summed E-state index contributed by atoms with van der Waals surface area (Å²) in [6.07, 6.45) is 14.5. The van der Waals surface area contributed by atoms with E-state index < -0.39 is 0 Å². The number of nitrogens with one attached hydrogen (secondary N) is 1. The predicted octanol–water partition coefficient (Wildman–Crippen LogP) is 2.74. The first-order valence-electron chi connectivity index (χ1n) is 12.2. The van der Waals surface area contributed by atoms with Crippen LogP contribution < -0.4 is 5.32 Å². The molecule has 0 atom stereocenters. The highest BCUT2D eigenvalue weighted by Gasteiger charge is 2.26. The fourth-order valence-electron chi connectivity index (χ4n) is 5.02. The van der Waals surface area contributed by atoms with Crippen LogP contribution in [-0.4, -0.2) is 52.7 Å². The Morgan fingerprint density at radius 3 is 2.74 bits per heavy atom. The first-order chi connectivity index (χ1) is 17.2. The van der Waals surface area contributed by atoms with Crippen LogP contribution in [0.5, 0.6) is 0 Å². The van der Waals surface area contributed by atoms with E-state index in [9.17, 15) is 4.79 Å². The van der Waals surface area contributed by atoms with E-state index in [-0.39, 0.29) is 5.91 Å². The van der Waals surface area contributed by atoms with Gasteiger partial charge in [-0.25, -0.2) is 15.0 Å². The summed E-state index contributed by atoms with van der Waals surface area (Å²) in [7, 11) is 0. The largest absolute Gasteiger partial charge is 0.351 e. The lowest BCUT2D eigenvalue weighted by Gasteiger charge is -2.28. The molecule has 1 amide bonds. The molecule has 3 aromatic heterocycles. The van der Waals surface area contributed by atoms with Gasteiger partial charge < -0.3 is 14.8 Å². The van der Waals surface area contributed by atoms with E-state index in [2.05, 4.69) is 44.6 Å². The summed E-state index contributed by atoms with van der Waals surface area (Å²) in [6, 6.07) is 8.90. The number of rotatable bonds is 7. The summed E-state index contributed by atoms with van der Waals surface area (Å²) in [5.74, 6) is 0.681. The van der Waals surface area contributed by atoms with Crippen LogP contribution in [0, 0.1) is 0 Å². The minimum absolute atomic E-state index is 0.00225. The molecule has 0 bridgehead atoms. The Morgan fingerprint density at radius 1 is 1.09 bits per heavy atom. The first kappa shape index (κ1) is 21.5. The monoisotopic (exact) mass is 468 g/mol. The zero-order valence-corrected chi connectivity index (χ0v) is 19.5. The third kappa shape index (κ3) is 4.66. The zero-order chi connectivity index (χ0) is 23.6. The summed E-state index contributed by atoms with van der Waals surface area (Å²) in [6.45, 7) is 2.79. The van der Waals surface area contributed by atoms with Crippen LogP contribution in [0.4, 0.5) is 5.95 Å². The van der Waals surface area contributed by atoms with Gasteiger partial charge in [0.25, 0.3) is 5.91 Å². The molecule has 1 N–H and O–H groups in total. The molecule has 35 heavy (non-hydrogen) atoms. The van der Waals surface area contributed by atoms with Gasteiger partial charge in [-0.05, 0) is 30.4 Å². The van der Waals surface area contributed by atoms with Gasteiger partial charge in [0.15, 0.2) is 0 Å². The molecule has 0 radical (unpaired) electrons. The number of nitrogens with zero attached hydrogens (tertiary/aromatic N) is 7. The quantitative estimate of drug-likeness (QED) is 0.448. The van der Waals surface area contributed by atoms with E-state index in [4.69, 9.17) is 4.98 Å². The van der Waals surface area contributed by atoms with Gasteiger partial charge in [0, 0.05) is 69.0 Å². The van der Waals surface area contributed by atoms with Crippen LogP contribution in [0.25, 0.3) is 0 Å². The predicted molar refractivity (Wildman–Crippen MR) is 131 cm³/mol. The van der Waals surface area contributed by atoms with Crippen LogP contribution in [0.3, 0.4) is 0 Å². The summed E-state index contributed by atoms with van der Waals surface area (Å²) >= 11 is 0. The summed E-state index contributed by atoms with van der Waals surface area (Å²) < 4.78 is 3.88. The number of amides is 1. The minimum atomic E-state index is 0.00225. The van der Waals surface area contributed by atoms with Crippen molar-refractivity contribution in [3.8, 4) is 0 Å². The van der Waals surface area contributed by atoms with Gasteiger partial charge in [-0.15, -0.1) is 0 Å². The number of carbonyl (C=O) groups is 1. The molecule has 9 heteroatoms. The maximum absolute atomic E-state index is 13.1. The molecule has 0 spiro atoms. The van der Waals surface area contributed by atoms with Gasteiger partial charge in [-0.3, -0.25) is 9.48 Å². The van der Waals surface area contributed by atoms with Crippen molar-refractivity contribution in [2.24, 2.45) is 0 Å². The van der Waals surface area contributed by atoms with Crippen molar-refractivity contribution in [3.63, 3.8) is 0 Å². The average molecular weight is 469 g/mol. The van der Waals surface area contributed by atoms with E-state index in [1.807, 2.05) is 39.1 Å². The van der Waals surface area contributed by atoms with Crippen molar-refractivity contribution in [3.05, 3.63) is 89.5 Å². The molecule has 9 nitrogen and oxygen atoms in total. The van der Waals surface area contributed by atoms with Crippen LogP contribution in [0.2, 0.25) is 0 Å². The Kier molecular flexibility index (Phi) is 5.73. The Balaban J connectivity index is 1.04. The fraction of sp³-hybridized carbons (Fsp3) is 0.346. The van der Waals surface area contributed by atoms with E-state index in [0.29, 0.717) is 30.6 Å². The molecular formula is C26H28N8O. The molecule has 6 rings (SSSR count). The second kappa shape index (κ2) is 9.32. The lowest BCUT2D eigenvalue weighted by Crippen LogP contribution is -2.36. The topological polar surface area (TPSA) is 93.8 Å². The summed E-state index contributed by atoms with van der Waals surface area (Å²) in [5.41, 5.74) is 5.46. The maximum Gasteiger partial charge on any atom is 0.257 e. The van der Waals surface area contributed by atoms with Crippen molar-refractivity contribution in [1.82, 2.24) is 34.2 Å².